The van der Waals surface area contributed by atoms with Crippen LogP contribution in [-0.4, -0.2) is 57.7 Å². The number of nitrogens with one attached hydrogen (secondary N) is 2. The molecule has 0 aromatic carbocycles. The maximum atomic E-state index is 5.51. The molecule has 1 atom stereocenters. The van der Waals surface area contributed by atoms with E-state index in [2.05, 4.69) is 46.2 Å². The van der Waals surface area contributed by atoms with E-state index < -0.39 is 6.10 Å². The van der Waals surface area contributed by atoms with Crippen LogP contribution in [-0.2, 0) is 4.74 Å². The van der Waals surface area contributed by atoms with Crippen LogP contribution < -0.4 is 0 Å². The summed E-state index contributed by atoms with van der Waals surface area (Å²) in [4.78, 5) is 4.47. The maximum Gasteiger partial charge on any atom is 0.224 e. The second kappa shape index (κ2) is 4.96. The number of aromatic nitrogens is 10. The summed E-state index contributed by atoms with van der Waals surface area (Å²) in [5.74, 6) is 0.855. The number of tetrazole rings is 2. The van der Waals surface area contributed by atoms with Crippen molar-refractivity contribution in [3.63, 3.8) is 0 Å². The van der Waals surface area contributed by atoms with Crippen LogP contribution in [0.2, 0.25) is 0 Å². The van der Waals surface area contributed by atoms with Gasteiger partial charge in [0.2, 0.25) is 11.6 Å². The summed E-state index contributed by atoms with van der Waals surface area (Å²) in [7, 11) is 1.58. The molecule has 1 unspecified atom stereocenters. The fourth-order valence-corrected chi connectivity index (χ4v) is 2.26. The van der Waals surface area contributed by atoms with Crippen LogP contribution in [0.5, 0.6) is 0 Å². The van der Waals surface area contributed by atoms with Gasteiger partial charge >= 0.3 is 0 Å². The van der Waals surface area contributed by atoms with E-state index >= 15 is 0 Å². The third-order valence-electron chi connectivity index (χ3n) is 3.20. The van der Waals surface area contributed by atoms with Gasteiger partial charge in [-0.2, -0.15) is 10.4 Å². The minimum Gasteiger partial charge on any atom is -0.367 e. The SMILES string of the molecule is COC(c1nn[nH]n1)c1cccc2nc(-c3nn[nH]n3)cn12. The minimum atomic E-state index is -0.477. The summed E-state index contributed by atoms with van der Waals surface area (Å²) >= 11 is 0. The van der Waals surface area contributed by atoms with Crippen molar-refractivity contribution < 1.29 is 4.74 Å². The molecule has 0 aliphatic rings. The van der Waals surface area contributed by atoms with E-state index in [0.717, 1.165) is 11.3 Å². The van der Waals surface area contributed by atoms with Crippen molar-refractivity contribution in [2.75, 3.05) is 7.11 Å². The largest absolute Gasteiger partial charge is 0.367 e. The molecule has 4 aromatic heterocycles. The number of ether oxygens (including phenoxy) is 1. The highest BCUT2D eigenvalue weighted by molar-refractivity contribution is 5.55. The highest BCUT2D eigenvalue weighted by Gasteiger charge is 2.21. The summed E-state index contributed by atoms with van der Waals surface area (Å²) < 4.78 is 7.38. The Kier molecular flexibility index (Phi) is 2.83. The molecule has 11 heteroatoms. The highest BCUT2D eigenvalue weighted by atomic mass is 16.5. The molecule has 0 spiro atoms. The number of hydrogen-bond acceptors (Lipinski definition) is 8. The molecule has 11 nitrogen and oxygen atoms in total. The Labute approximate surface area is 122 Å². The Morgan fingerprint density at radius 3 is 2.73 bits per heavy atom. The smallest absolute Gasteiger partial charge is 0.224 e. The summed E-state index contributed by atoms with van der Waals surface area (Å²) in [6.07, 6.45) is 1.33. The predicted molar refractivity (Wildman–Crippen MR) is 71.4 cm³/mol. The second-order valence-electron chi connectivity index (χ2n) is 4.43. The van der Waals surface area contributed by atoms with Gasteiger partial charge in [-0.05, 0) is 17.3 Å². The van der Waals surface area contributed by atoms with E-state index in [4.69, 9.17) is 4.74 Å². The Bertz CT molecular complexity index is 881. The van der Waals surface area contributed by atoms with Gasteiger partial charge in [0.05, 0.1) is 5.69 Å². The fraction of sp³-hybridized carbons (Fsp3) is 0.182. The van der Waals surface area contributed by atoms with Gasteiger partial charge in [0.25, 0.3) is 0 Å². The van der Waals surface area contributed by atoms with Crippen LogP contribution in [0, 0.1) is 0 Å². The first-order chi connectivity index (χ1) is 10.9. The summed E-state index contributed by atoms with van der Waals surface area (Å²) in [6.45, 7) is 0. The number of nitrogens with zero attached hydrogens (tertiary/aromatic N) is 8. The van der Waals surface area contributed by atoms with Crippen molar-refractivity contribution in [2.45, 2.75) is 6.10 Å². The maximum absolute atomic E-state index is 5.51. The zero-order valence-electron chi connectivity index (χ0n) is 11.4. The molecular weight excluding hydrogens is 288 g/mol. The Morgan fingerprint density at radius 1 is 1.14 bits per heavy atom. The van der Waals surface area contributed by atoms with Gasteiger partial charge in [0, 0.05) is 13.3 Å². The topological polar surface area (TPSA) is 135 Å². The van der Waals surface area contributed by atoms with Gasteiger partial charge in [0.15, 0.2) is 6.10 Å². The third kappa shape index (κ3) is 1.91. The van der Waals surface area contributed by atoms with Crippen LogP contribution in [0.3, 0.4) is 0 Å². The molecule has 4 rings (SSSR count). The van der Waals surface area contributed by atoms with Gasteiger partial charge < -0.3 is 9.14 Å². The Hall–Kier alpha value is -3.21. The molecule has 0 bridgehead atoms. The number of pyridine rings is 1. The lowest BCUT2D eigenvalue weighted by molar-refractivity contribution is 0.124. The van der Waals surface area contributed by atoms with Crippen LogP contribution >= 0.6 is 0 Å². The van der Waals surface area contributed by atoms with Gasteiger partial charge in [0.1, 0.15) is 11.3 Å². The Balaban J connectivity index is 1.87. The van der Waals surface area contributed by atoms with Gasteiger partial charge in [-0.25, -0.2) is 4.98 Å². The molecule has 4 heterocycles. The lowest BCUT2D eigenvalue weighted by atomic mass is 10.2. The predicted octanol–water partition coefficient (Wildman–Crippen LogP) is -0.237. The molecule has 0 amide bonds. The molecule has 2 N–H and O–H groups in total. The second-order valence-corrected chi connectivity index (χ2v) is 4.43. The molecule has 0 aliphatic heterocycles. The zero-order chi connectivity index (χ0) is 14.9. The number of H-pyrrole nitrogens is 2. The molecule has 22 heavy (non-hydrogen) atoms. The lowest BCUT2D eigenvalue weighted by Crippen LogP contribution is -2.10. The molecule has 4 aromatic rings. The van der Waals surface area contributed by atoms with E-state index in [1.54, 1.807) is 7.11 Å². The average molecular weight is 298 g/mol. The van der Waals surface area contributed by atoms with Crippen LogP contribution in [0.4, 0.5) is 0 Å². The molecule has 0 aliphatic carbocycles. The highest BCUT2D eigenvalue weighted by Crippen LogP contribution is 2.24. The first-order valence-corrected chi connectivity index (χ1v) is 6.35. The Morgan fingerprint density at radius 2 is 2.00 bits per heavy atom. The van der Waals surface area contributed by atoms with Crippen LogP contribution in [0.25, 0.3) is 17.2 Å². The quantitative estimate of drug-likeness (QED) is 0.527. The summed E-state index contributed by atoms with van der Waals surface area (Å²) in [5, 5.41) is 27.8. The van der Waals surface area contributed by atoms with Crippen molar-refractivity contribution in [1.82, 2.24) is 50.6 Å². The van der Waals surface area contributed by atoms with E-state index in [1.807, 2.05) is 28.8 Å². The molecular formula is C11H10N10O. The standard InChI is InChI=1S/C11H10N10O/c1-22-9(11-15-19-20-16-11)7-3-2-4-8-12-6(5-21(7)8)10-13-17-18-14-10/h2-5,9H,1H3,(H,13,14,17,18)(H,15,16,19,20). The average Bonchev–Trinajstić information content (AvgIpc) is 3.28. The number of fused-ring (bicyclic) bond motifs is 1. The number of rotatable bonds is 4. The van der Waals surface area contributed by atoms with Crippen LogP contribution in [0.15, 0.2) is 24.4 Å². The fourth-order valence-electron chi connectivity index (χ4n) is 2.26. The van der Waals surface area contributed by atoms with E-state index in [1.165, 1.54) is 0 Å². The van der Waals surface area contributed by atoms with Crippen LogP contribution in [0.1, 0.15) is 17.6 Å². The van der Waals surface area contributed by atoms with E-state index in [9.17, 15) is 0 Å². The summed E-state index contributed by atoms with van der Waals surface area (Å²) in [5.41, 5.74) is 2.13. The van der Waals surface area contributed by atoms with Crippen molar-refractivity contribution in [2.24, 2.45) is 0 Å². The molecule has 0 fully saturated rings. The van der Waals surface area contributed by atoms with Crippen molar-refractivity contribution in [1.29, 1.82) is 0 Å². The zero-order valence-corrected chi connectivity index (χ0v) is 11.4. The molecule has 0 radical (unpaired) electrons. The number of hydrogen-bond donors (Lipinski definition) is 2. The number of methoxy groups -OCH3 is 1. The van der Waals surface area contributed by atoms with Crippen molar-refractivity contribution in [3.8, 4) is 11.5 Å². The monoisotopic (exact) mass is 298 g/mol. The summed E-state index contributed by atoms with van der Waals surface area (Å²) in [6, 6.07) is 5.65. The van der Waals surface area contributed by atoms with Crippen molar-refractivity contribution in [3.05, 3.63) is 35.9 Å². The van der Waals surface area contributed by atoms with E-state index in [0.29, 0.717) is 17.3 Å². The molecule has 110 valence electrons. The lowest BCUT2D eigenvalue weighted by Gasteiger charge is -2.13. The van der Waals surface area contributed by atoms with Gasteiger partial charge in [-0.15, -0.1) is 20.4 Å². The van der Waals surface area contributed by atoms with Gasteiger partial charge in [-0.3, -0.25) is 0 Å². The molecule has 0 saturated carbocycles. The first-order valence-electron chi connectivity index (χ1n) is 6.35. The van der Waals surface area contributed by atoms with Gasteiger partial charge in [-0.1, -0.05) is 11.3 Å². The number of imidazole rings is 1. The van der Waals surface area contributed by atoms with E-state index in [-0.39, 0.29) is 0 Å². The number of aromatic amines is 2. The van der Waals surface area contributed by atoms with Crippen molar-refractivity contribution >= 4 is 5.65 Å². The minimum absolute atomic E-state index is 0.420. The third-order valence-corrected chi connectivity index (χ3v) is 3.20. The molecule has 0 saturated heterocycles. The first kappa shape index (κ1) is 12.5. The normalized spacial score (nSPS) is 12.8.